The van der Waals surface area contributed by atoms with E-state index in [4.69, 9.17) is 0 Å². The van der Waals surface area contributed by atoms with Gasteiger partial charge in [0.25, 0.3) is 0 Å². The molecular formula is C16H14N2OS. The van der Waals surface area contributed by atoms with E-state index in [0.29, 0.717) is 5.00 Å². The standard InChI is InChI=1S/C16H14N2OS/c1-2-11-7-3-5-9-13(11)17-18-16-15(19)12-8-4-6-10-14(12)20-16/h3-10,19H,2H2,1H3. The summed E-state index contributed by atoms with van der Waals surface area (Å²) in [6.07, 6.45) is 0.910. The van der Waals surface area contributed by atoms with E-state index in [1.54, 1.807) is 0 Å². The number of aryl methyl sites for hydroxylation is 1. The number of azo groups is 1. The molecule has 0 saturated heterocycles. The van der Waals surface area contributed by atoms with Gasteiger partial charge in [-0.05, 0) is 30.2 Å². The molecule has 0 saturated carbocycles. The van der Waals surface area contributed by atoms with Gasteiger partial charge in [0, 0.05) is 10.1 Å². The lowest BCUT2D eigenvalue weighted by molar-refractivity contribution is 0.484. The maximum Gasteiger partial charge on any atom is 0.181 e. The molecule has 0 fully saturated rings. The normalized spacial score (nSPS) is 11.4. The van der Waals surface area contributed by atoms with E-state index < -0.39 is 0 Å². The number of nitrogens with zero attached hydrogens (tertiary/aromatic N) is 2. The molecule has 0 aliphatic rings. The van der Waals surface area contributed by atoms with Crippen LogP contribution in [0.1, 0.15) is 12.5 Å². The van der Waals surface area contributed by atoms with Gasteiger partial charge in [0.05, 0.1) is 5.69 Å². The van der Waals surface area contributed by atoms with E-state index in [2.05, 4.69) is 17.2 Å². The average molecular weight is 282 g/mol. The van der Waals surface area contributed by atoms with E-state index >= 15 is 0 Å². The molecule has 0 bridgehead atoms. The van der Waals surface area contributed by atoms with Gasteiger partial charge in [-0.15, -0.1) is 21.6 Å². The SMILES string of the molecule is CCc1ccccc1N=Nc1sc2ccccc2c1O. The smallest absolute Gasteiger partial charge is 0.181 e. The van der Waals surface area contributed by atoms with Crippen molar-refractivity contribution >= 4 is 32.1 Å². The van der Waals surface area contributed by atoms with Crippen molar-refractivity contribution in [1.29, 1.82) is 0 Å². The molecule has 3 nitrogen and oxygen atoms in total. The van der Waals surface area contributed by atoms with Crippen LogP contribution in [0.5, 0.6) is 5.75 Å². The zero-order valence-electron chi connectivity index (χ0n) is 11.1. The molecule has 1 aromatic heterocycles. The Morgan fingerprint density at radius 2 is 1.75 bits per heavy atom. The lowest BCUT2D eigenvalue weighted by Gasteiger charge is -1.99. The Hall–Kier alpha value is -2.20. The third kappa shape index (κ3) is 2.30. The number of aromatic hydroxyl groups is 1. The van der Waals surface area contributed by atoms with Crippen LogP contribution in [0.4, 0.5) is 10.7 Å². The van der Waals surface area contributed by atoms with E-state index in [1.165, 1.54) is 11.3 Å². The second-order valence-corrected chi connectivity index (χ2v) is 5.46. The maximum atomic E-state index is 10.2. The molecule has 3 aromatic rings. The lowest BCUT2D eigenvalue weighted by atomic mass is 10.1. The van der Waals surface area contributed by atoms with Crippen molar-refractivity contribution in [3.63, 3.8) is 0 Å². The Balaban J connectivity index is 2.00. The molecule has 0 unspecified atom stereocenters. The summed E-state index contributed by atoms with van der Waals surface area (Å²) in [7, 11) is 0. The van der Waals surface area contributed by atoms with Crippen LogP contribution in [0.15, 0.2) is 58.8 Å². The number of hydrogen-bond acceptors (Lipinski definition) is 4. The zero-order valence-corrected chi connectivity index (χ0v) is 11.9. The summed E-state index contributed by atoms with van der Waals surface area (Å²) in [4.78, 5) is 0. The molecule has 0 radical (unpaired) electrons. The van der Waals surface area contributed by atoms with Crippen LogP contribution in [-0.4, -0.2) is 5.11 Å². The summed E-state index contributed by atoms with van der Waals surface area (Å²) in [6.45, 7) is 2.09. The van der Waals surface area contributed by atoms with Crippen LogP contribution in [-0.2, 0) is 6.42 Å². The van der Waals surface area contributed by atoms with Crippen LogP contribution < -0.4 is 0 Å². The Bertz CT molecular complexity index is 777. The molecular weight excluding hydrogens is 268 g/mol. The second-order valence-electron chi connectivity index (χ2n) is 4.43. The van der Waals surface area contributed by atoms with Crippen LogP contribution in [0.2, 0.25) is 0 Å². The summed E-state index contributed by atoms with van der Waals surface area (Å²) in [5.41, 5.74) is 2.00. The van der Waals surface area contributed by atoms with Crippen LogP contribution >= 0.6 is 11.3 Å². The van der Waals surface area contributed by atoms with Crippen molar-refractivity contribution in [2.24, 2.45) is 10.2 Å². The predicted octanol–water partition coefficient (Wildman–Crippen LogP) is 5.58. The van der Waals surface area contributed by atoms with Gasteiger partial charge in [0.1, 0.15) is 0 Å². The topological polar surface area (TPSA) is 45.0 Å². The molecule has 0 amide bonds. The monoisotopic (exact) mass is 282 g/mol. The Morgan fingerprint density at radius 1 is 1.00 bits per heavy atom. The predicted molar refractivity (Wildman–Crippen MR) is 83.5 cm³/mol. The van der Waals surface area contributed by atoms with Gasteiger partial charge < -0.3 is 5.11 Å². The fourth-order valence-electron chi connectivity index (χ4n) is 2.09. The van der Waals surface area contributed by atoms with Crippen molar-refractivity contribution in [3.05, 3.63) is 54.1 Å². The van der Waals surface area contributed by atoms with Crippen LogP contribution in [0.25, 0.3) is 10.1 Å². The van der Waals surface area contributed by atoms with Crippen molar-refractivity contribution in [3.8, 4) is 5.75 Å². The van der Waals surface area contributed by atoms with E-state index in [0.717, 1.165) is 27.8 Å². The van der Waals surface area contributed by atoms with Gasteiger partial charge in [-0.25, -0.2) is 0 Å². The first kappa shape index (κ1) is 12.8. The molecule has 100 valence electrons. The van der Waals surface area contributed by atoms with Gasteiger partial charge in [-0.3, -0.25) is 0 Å². The number of fused-ring (bicyclic) bond motifs is 1. The van der Waals surface area contributed by atoms with Gasteiger partial charge in [0.2, 0.25) is 0 Å². The first-order chi connectivity index (χ1) is 9.79. The van der Waals surface area contributed by atoms with E-state index in [9.17, 15) is 5.11 Å². The minimum Gasteiger partial charge on any atom is -0.504 e. The number of benzene rings is 2. The fraction of sp³-hybridized carbons (Fsp3) is 0.125. The molecule has 3 rings (SSSR count). The highest BCUT2D eigenvalue weighted by Gasteiger charge is 2.10. The van der Waals surface area contributed by atoms with Crippen molar-refractivity contribution in [1.82, 2.24) is 0 Å². The summed E-state index contributed by atoms with van der Waals surface area (Å²) < 4.78 is 1.02. The highest BCUT2D eigenvalue weighted by molar-refractivity contribution is 7.23. The minimum atomic E-state index is 0.211. The molecule has 4 heteroatoms. The van der Waals surface area contributed by atoms with Crippen molar-refractivity contribution in [2.75, 3.05) is 0 Å². The van der Waals surface area contributed by atoms with Crippen molar-refractivity contribution in [2.45, 2.75) is 13.3 Å². The van der Waals surface area contributed by atoms with Gasteiger partial charge in [-0.1, -0.05) is 37.3 Å². The number of hydrogen-bond donors (Lipinski definition) is 1. The Kier molecular flexibility index (Phi) is 3.48. The molecule has 0 spiro atoms. The molecule has 2 aromatic carbocycles. The summed E-state index contributed by atoms with van der Waals surface area (Å²) in [6, 6.07) is 15.6. The quantitative estimate of drug-likeness (QED) is 0.626. The molecule has 20 heavy (non-hydrogen) atoms. The van der Waals surface area contributed by atoms with E-state index in [1.807, 2.05) is 48.5 Å². The Labute approximate surface area is 121 Å². The second kappa shape index (κ2) is 5.43. The first-order valence-electron chi connectivity index (χ1n) is 6.49. The molecule has 0 aliphatic carbocycles. The fourth-order valence-corrected chi connectivity index (χ4v) is 3.01. The third-order valence-electron chi connectivity index (χ3n) is 3.17. The molecule has 0 atom stereocenters. The van der Waals surface area contributed by atoms with Gasteiger partial charge in [0.15, 0.2) is 10.8 Å². The minimum absolute atomic E-state index is 0.211. The molecule has 1 N–H and O–H groups in total. The zero-order chi connectivity index (χ0) is 13.9. The highest BCUT2D eigenvalue weighted by atomic mass is 32.1. The number of rotatable bonds is 3. The van der Waals surface area contributed by atoms with Crippen LogP contribution in [0.3, 0.4) is 0 Å². The third-order valence-corrected chi connectivity index (χ3v) is 4.22. The molecule has 1 heterocycles. The summed E-state index contributed by atoms with van der Waals surface area (Å²) in [5.74, 6) is 0.211. The summed E-state index contributed by atoms with van der Waals surface area (Å²) >= 11 is 1.45. The first-order valence-corrected chi connectivity index (χ1v) is 7.31. The summed E-state index contributed by atoms with van der Waals surface area (Å²) in [5, 5.41) is 20.0. The highest BCUT2D eigenvalue weighted by Crippen LogP contribution is 2.43. The largest absolute Gasteiger partial charge is 0.504 e. The van der Waals surface area contributed by atoms with Crippen molar-refractivity contribution < 1.29 is 5.11 Å². The molecule has 0 aliphatic heterocycles. The van der Waals surface area contributed by atoms with E-state index in [-0.39, 0.29) is 5.75 Å². The Morgan fingerprint density at radius 3 is 2.55 bits per heavy atom. The number of thiophene rings is 1. The maximum absolute atomic E-state index is 10.2. The average Bonchev–Trinajstić information content (AvgIpc) is 2.82. The van der Waals surface area contributed by atoms with Gasteiger partial charge in [-0.2, -0.15) is 0 Å². The lowest BCUT2D eigenvalue weighted by Crippen LogP contribution is -1.78. The van der Waals surface area contributed by atoms with Gasteiger partial charge >= 0.3 is 0 Å². The van der Waals surface area contributed by atoms with Crippen LogP contribution in [0, 0.1) is 0 Å².